The van der Waals surface area contributed by atoms with Crippen LogP contribution in [0, 0.1) is 0 Å². The molecule has 0 aromatic heterocycles. The Hall–Kier alpha value is -0.390. The van der Waals surface area contributed by atoms with Gasteiger partial charge in [-0.15, -0.1) is 0 Å². The van der Waals surface area contributed by atoms with E-state index in [1.165, 1.54) is 19.3 Å². The van der Waals surface area contributed by atoms with Crippen molar-refractivity contribution in [3.8, 4) is 0 Å². The Morgan fingerprint density at radius 2 is 1.95 bits per heavy atom. The maximum Gasteiger partial charge on any atom is 0.255 e. The fourth-order valence-corrected chi connectivity index (χ4v) is 4.84. The lowest BCUT2D eigenvalue weighted by atomic mass is 9.78. The van der Waals surface area contributed by atoms with Crippen LogP contribution in [0.15, 0.2) is 27.1 Å². The number of carbonyl (C=O) groups excluding carboxylic acids is 1. The SMILES string of the molecule is O=C(c1ccc(Br)cc1Br)N1CCNCC12CCCCC2. The molecule has 5 heteroatoms. The molecular weight excluding hydrogens is 396 g/mol. The molecule has 1 amide bonds. The molecule has 3 nitrogen and oxygen atoms in total. The highest BCUT2D eigenvalue weighted by Crippen LogP contribution is 2.36. The van der Waals surface area contributed by atoms with Crippen molar-refractivity contribution in [2.45, 2.75) is 37.6 Å². The third-order valence-corrected chi connectivity index (χ3v) is 5.88. The highest BCUT2D eigenvalue weighted by Gasteiger charge is 2.42. The predicted octanol–water partition coefficient (Wildman–Crippen LogP) is 3.96. The van der Waals surface area contributed by atoms with E-state index in [0.717, 1.165) is 47.0 Å². The summed E-state index contributed by atoms with van der Waals surface area (Å²) >= 11 is 6.98. The smallest absolute Gasteiger partial charge is 0.255 e. The first-order valence-electron chi connectivity index (χ1n) is 7.60. The van der Waals surface area contributed by atoms with Crippen LogP contribution in [0.5, 0.6) is 0 Å². The predicted molar refractivity (Wildman–Crippen MR) is 91.6 cm³/mol. The third-order valence-electron chi connectivity index (χ3n) is 4.73. The van der Waals surface area contributed by atoms with Crippen molar-refractivity contribution >= 4 is 37.8 Å². The van der Waals surface area contributed by atoms with Crippen LogP contribution in [0.4, 0.5) is 0 Å². The molecule has 0 bridgehead atoms. The number of halogens is 2. The molecule has 0 atom stereocenters. The summed E-state index contributed by atoms with van der Waals surface area (Å²) in [5.74, 6) is 0.165. The van der Waals surface area contributed by atoms with Gasteiger partial charge in [-0.05, 0) is 47.0 Å². The molecule has 1 aliphatic heterocycles. The molecule has 1 aromatic carbocycles. The molecule has 1 heterocycles. The van der Waals surface area contributed by atoms with Crippen molar-refractivity contribution < 1.29 is 4.79 Å². The molecule has 1 saturated carbocycles. The minimum Gasteiger partial charge on any atom is -0.330 e. The molecule has 0 unspecified atom stereocenters. The molecule has 21 heavy (non-hydrogen) atoms. The van der Waals surface area contributed by atoms with Gasteiger partial charge < -0.3 is 10.2 Å². The molecule has 3 rings (SSSR count). The molecule has 0 radical (unpaired) electrons. The summed E-state index contributed by atoms with van der Waals surface area (Å²) in [6.45, 7) is 2.63. The average Bonchev–Trinajstić information content (AvgIpc) is 2.48. The van der Waals surface area contributed by atoms with Crippen LogP contribution < -0.4 is 5.32 Å². The van der Waals surface area contributed by atoms with Gasteiger partial charge in [0.05, 0.1) is 11.1 Å². The van der Waals surface area contributed by atoms with Gasteiger partial charge in [-0.2, -0.15) is 0 Å². The van der Waals surface area contributed by atoms with Crippen molar-refractivity contribution in [2.75, 3.05) is 19.6 Å². The summed E-state index contributed by atoms with van der Waals surface area (Å²) in [6, 6.07) is 5.80. The summed E-state index contributed by atoms with van der Waals surface area (Å²) in [7, 11) is 0. The Labute approximate surface area is 142 Å². The van der Waals surface area contributed by atoms with Crippen molar-refractivity contribution in [1.29, 1.82) is 0 Å². The number of nitrogens with zero attached hydrogens (tertiary/aromatic N) is 1. The van der Waals surface area contributed by atoms with Crippen LogP contribution in [-0.2, 0) is 0 Å². The summed E-state index contributed by atoms with van der Waals surface area (Å²) in [5.41, 5.74) is 0.796. The van der Waals surface area contributed by atoms with E-state index in [1.807, 2.05) is 18.2 Å². The fraction of sp³-hybridized carbons (Fsp3) is 0.562. The van der Waals surface area contributed by atoms with Crippen LogP contribution in [0.3, 0.4) is 0 Å². The Bertz CT molecular complexity index is 533. The van der Waals surface area contributed by atoms with Gasteiger partial charge in [0.1, 0.15) is 0 Å². The molecule has 114 valence electrons. The van der Waals surface area contributed by atoms with Crippen LogP contribution in [0.25, 0.3) is 0 Å². The summed E-state index contributed by atoms with van der Waals surface area (Å²) in [4.78, 5) is 15.2. The first-order chi connectivity index (χ1) is 10.1. The van der Waals surface area contributed by atoms with E-state index < -0.39 is 0 Å². The second-order valence-electron chi connectivity index (χ2n) is 6.04. The summed E-state index contributed by atoms with van der Waals surface area (Å²) in [5, 5.41) is 3.49. The number of hydrogen-bond acceptors (Lipinski definition) is 2. The molecule has 2 aliphatic rings. The number of nitrogens with one attached hydrogen (secondary N) is 1. The Kier molecular flexibility index (Phi) is 4.71. The highest BCUT2D eigenvalue weighted by atomic mass is 79.9. The molecule has 1 aliphatic carbocycles. The molecule has 2 fully saturated rings. The second-order valence-corrected chi connectivity index (χ2v) is 7.81. The zero-order valence-corrected chi connectivity index (χ0v) is 15.2. The number of hydrogen-bond donors (Lipinski definition) is 1. The lowest BCUT2D eigenvalue weighted by molar-refractivity contribution is 0.0222. The molecule has 1 N–H and O–H groups in total. The normalized spacial score (nSPS) is 21.5. The van der Waals surface area contributed by atoms with Crippen LogP contribution >= 0.6 is 31.9 Å². The molecule has 1 saturated heterocycles. The number of amides is 1. The molecular formula is C16H20Br2N2O. The van der Waals surface area contributed by atoms with Crippen molar-refractivity contribution in [3.05, 3.63) is 32.7 Å². The van der Waals surface area contributed by atoms with Gasteiger partial charge in [-0.25, -0.2) is 0 Å². The van der Waals surface area contributed by atoms with Gasteiger partial charge in [-0.3, -0.25) is 4.79 Å². The lowest BCUT2D eigenvalue weighted by Crippen LogP contribution is -2.63. The van der Waals surface area contributed by atoms with Crippen LogP contribution in [0.1, 0.15) is 42.5 Å². The number of carbonyl (C=O) groups is 1. The maximum atomic E-state index is 13.1. The minimum atomic E-state index is 0.0279. The van der Waals surface area contributed by atoms with E-state index in [2.05, 4.69) is 42.1 Å². The van der Waals surface area contributed by atoms with Crippen LogP contribution in [0.2, 0.25) is 0 Å². The third kappa shape index (κ3) is 3.06. The van der Waals surface area contributed by atoms with Crippen molar-refractivity contribution in [2.24, 2.45) is 0 Å². The first-order valence-corrected chi connectivity index (χ1v) is 9.19. The molecule has 1 spiro atoms. The number of benzene rings is 1. The Morgan fingerprint density at radius 3 is 2.67 bits per heavy atom. The highest BCUT2D eigenvalue weighted by molar-refractivity contribution is 9.11. The van der Waals surface area contributed by atoms with Gasteiger partial charge in [0, 0.05) is 28.6 Å². The number of piperazine rings is 1. The van der Waals surface area contributed by atoms with Crippen LogP contribution in [-0.4, -0.2) is 36.0 Å². The van der Waals surface area contributed by atoms with Gasteiger partial charge in [0.2, 0.25) is 0 Å². The van der Waals surface area contributed by atoms with Gasteiger partial charge in [0.15, 0.2) is 0 Å². The van der Waals surface area contributed by atoms with Crippen molar-refractivity contribution in [3.63, 3.8) is 0 Å². The summed E-state index contributed by atoms with van der Waals surface area (Å²) < 4.78 is 1.85. The van der Waals surface area contributed by atoms with E-state index >= 15 is 0 Å². The summed E-state index contributed by atoms with van der Waals surface area (Å²) in [6.07, 6.45) is 6.01. The molecule has 1 aromatic rings. The van der Waals surface area contributed by atoms with Gasteiger partial charge >= 0.3 is 0 Å². The van der Waals surface area contributed by atoms with E-state index in [4.69, 9.17) is 0 Å². The number of rotatable bonds is 1. The average molecular weight is 416 g/mol. The lowest BCUT2D eigenvalue weighted by Gasteiger charge is -2.50. The Balaban J connectivity index is 1.90. The second kappa shape index (κ2) is 6.39. The van der Waals surface area contributed by atoms with E-state index in [0.29, 0.717) is 0 Å². The van der Waals surface area contributed by atoms with Crippen molar-refractivity contribution in [1.82, 2.24) is 10.2 Å². The first kappa shape index (κ1) is 15.5. The zero-order valence-electron chi connectivity index (χ0n) is 12.0. The quantitative estimate of drug-likeness (QED) is 0.752. The maximum absolute atomic E-state index is 13.1. The zero-order chi connectivity index (χ0) is 14.9. The van der Waals surface area contributed by atoms with E-state index in [9.17, 15) is 4.79 Å². The monoisotopic (exact) mass is 414 g/mol. The minimum absolute atomic E-state index is 0.0279. The van der Waals surface area contributed by atoms with E-state index in [1.54, 1.807) is 0 Å². The largest absolute Gasteiger partial charge is 0.330 e. The topological polar surface area (TPSA) is 32.3 Å². The standard InChI is InChI=1S/C16H20Br2N2O/c17-12-4-5-13(14(18)10-12)15(21)20-9-8-19-11-16(20)6-2-1-3-7-16/h4-5,10,19H,1-3,6-9,11H2. The van der Waals surface area contributed by atoms with E-state index in [-0.39, 0.29) is 11.4 Å². The fourth-order valence-electron chi connectivity index (χ4n) is 3.63. The Morgan fingerprint density at radius 1 is 1.19 bits per heavy atom. The van der Waals surface area contributed by atoms with Gasteiger partial charge in [-0.1, -0.05) is 35.2 Å². The van der Waals surface area contributed by atoms with Gasteiger partial charge in [0.25, 0.3) is 5.91 Å².